The molecule has 0 radical (unpaired) electrons. The lowest BCUT2D eigenvalue weighted by molar-refractivity contribution is -0.141. The van der Waals surface area contributed by atoms with Gasteiger partial charge in [-0.3, -0.25) is 9.59 Å². The Morgan fingerprint density at radius 1 is 0.806 bits per heavy atom. The summed E-state index contributed by atoms with van der Waals surface area (Å²) in [5.41, 5.74) is 2.81. The number of nitrogens with one attached hydrogen (secondary N) is 1. The molecule has 3 aromatic rings. The molecule has 7 heteroatoms. The van der Waals surface area contributed by atoms with E-state index in [2.05, 4.69) is 5.32 Å². The molecule has 3 rings (SSSR count). The monoisotopic (exact) mass is 490 g/mol. The van der Waals surface area contributed by atoms with Crippen LogP contribution in [0.3, 0.4) is 0 Å². The normalized spacial score (nSPS) is 11.3. The van der Waals surface area contributed by atoms with Gasteiger partial charge in [0.25, 0.3) is 0 Å². The highest BCUT2D eigenvalue weighted by Gasteiger charge is 2.29. The third-order valence-electron chi connectivity index (χ3n) is 6.08. The minimum Gasteiger partial charge on any atom is -0.497 e. The Morgan fingerprint density at radius 3 is 2.19 bits per heavy atom. The van der Waals surface area contributed by atoms with Crippen molar-refractivity contribution in [1.29, 1.82) is 0 Å². The van der Waals surface area contributed by atoms with E-state index in [1.807, 2.05) is 72.8 Å². The van der Waals surface area contributed by atoms with Crippen LogP contribution in [-0.4, -0.2) is 51.1 Å². The van der Waals surface area contributed by atoms with Crippen molar-refractivity contribution in [2.24, 2.45) is 0 Å². The summed E-state index contributed by atoms with van der Waals surface area (Å²) in [5, 5.41) is 2.74. The van der Waals surface area contributed by atoms with Crippen molar-refractivity contribution in [3.63, 3.8) is 0 Å². The number of carbonyl (C=O) groups excluding carboxylic acids is 2. The van der Waals surface area contributed by atoms with Crippen LogP contribution in [0.5, 0.6) is 17.2 Å². The van der Waals surface area contributed by atoms with Gasteiger partial charge in [0, 0.05) is 26.4 Å². The highest BCUT2D eigenvalue weighted by molar-refractivity contribution is 5.88. The number of ether oxygens (including phenoxy) is 3. The highest BCUT2D eigenvalue weighted by atomic mass is 16.5. The predicted molar refractivity (Wildman–Crippen MR) is 139 cm³/mol. The number of likely N-dealkylation sites (N-methyl/N-ethyl adjacent to an activating group) is 1. The molecule has 0 aromatic heterocycles. The van der Waals surface area contributed by atoms with Gasteiger partial charge in [-0.2, -0.15) is 0 Å². The van der Waals surface area contributed by atoms with E-state index in [9.17, 15) is 9.59 Å². The highest BCUT2D eigenvalue weighted by Crippen LogP contribution is 2.28. The number of amides is 2. The van der Waals surface area contributed by atoms with E-state index in [4.69, 9.17) is 14.2 Å². The lowest BCUT2D eigenvalue weighted by Crippen LogP contribution is -2.49. The van der Waals surface area contributed by atoms with E-state index in [1.54, 1.807) is 33.3 Å². The van der Waals surface area contributed by atoms with Gasteiger partial charge in [0.2, 0.25) is 11.8 Å². The molecule has 190 valence electrons. The maximum Gasteiger partial charge on any atom is 0.242 e. The second-order valence-electron chi connectivity index (χ2n) is 8.38. The molecule has 1 atom stereocenters. The van der Waals surface area contributed by atoms with Crippen LogP contribution in [0.25, 0.3) is 0 Å². The lowest BCUT2D eigenvalue weighted by atomic mass is 10.0. The smallest absolute Gasteiger partial charge is 0.242 e. The van der Waals surface area contributed by atoms with Gasteiger partial charge in [-0.15, -0.1) is 0 Å². The Kier molecular flexibility index (Phi) is 9.74. The van der Waals surface area contributed by atoms with Crippen molar-refractivity contribution in [2.75, 3.05) is 28.4 Å². The number of aryl methyl sites for hydroxylation is 1. The van der Waals surface area contributed by atoms with Gasteiger partial charge in [-0.1, -0.05) is 48.5 Å². The molecule has 0 bridgehead atoms. The molecule has 3 aromatic carbocycles. The molecule has 0 unspecified atom stereocenters. The molecular weight excluding hydrogens is 456 g/mol. The third kappa shape index (κ3) is 7.01. The first kappa shape index (κ1) is 26.6. The molecule has 1 N–H and O–H groups in total. The summed E-state index contributed by atoms with van der Waals surface area (Å²) < 4.78 is 16.1. The Hall–Kier alpha value is -4.00. The van der Waals surface area contributed by atoms with Crippen molar-refractivity contribution in [3.05, 3.63) is 89.5 Å². The summed E-state index contributed by atoms with van der Waals surface area (Å²) in [4.78, 5) is 28.4. The van der Waals surface area contributed by atoms with Crippen molar-refractivity contribution >= 4 is 11.8 Å². The van der Waals surface area contributed by atoms with Gasteiger partial charge in [0.15, 0.2) is 11.5 Å². The van der Waals surface area contributed by atoms with Crippen molar-refractivity contribution in [1.82, 2.24) is 10.2 Å². The average molecular weight is 491 g/mol. The molecular formula is C29H34N2O5. The second kappa shape index (κ2) is 13.2. The average Bonchev–Trinajstić information content (AvgIpc) is 2.93. The number of hydrogen-bond donors (Lipinski definition) is 1. The SMILES string of the molecule is CNC(=O)[C@@H](Cc1ccccc1)N(Cc1cccc(OC)c1)C(=O)CCc1ccc(OC)c(OC)c1. The zero-order chi connectivity index (χ0) is 25.9. The quantitative estimate of drug-likeness (QED) is 0.415. The maximum absolute atomic E-state index is 13.7. The van der Waals surface area contributed by atoms with Crippen LogP contribution in [0.2, 0.25) is 0 Å². The van der Waals surface area contributed by atoms with E-state index in [1.165, 1.54) is 0 Å². The minimum atomic E-state index is -0.665. The number of rotatable bonds is 12. The molecule has 0 saturated carbocycles. The topological polar surface area (TPSA) is 77.1 Å². The molecule has 36 heavy (non-hydrogen) atoms. The van der Waals surface area contributed by atoms with Crippen molar-refractivity contribution < 1.29 is 23.8 Å². The number of nitrogens with zero attached hydrogens (tertiary/aromatic N) is 1. The Morgan fingerprint density at radius 2 is 1.53 bits per heavy atom. The number of methoxy groups -OCH3 is 3. The standard InChI is InChI=1S/C29H34N2O5/c1-30-29(33)25(18-21-9-6-5-7-10-21)31(20-23-11-8-12-24(17-23)34-2)28(32)16-14-22-13-15-26(35-3)27(19-22)36-4/h5-13,15,17,19,25H,14,16,18,20H2,1-4H3,(H,30,33)/t25-/m1/s1. The summed E-state index contributed by atoms with van der Waals surface area (Å²) in [6.45, 7) is 0.285. The molecule has 0 aliphatic heterocycles. The summed E-state index contributed by atoms with van der Waals surface area (Å²) in [7, 11) is 6.37. The summed E-state index contributed by atoms with van der Waals surface area (Å²) >= 11 is 0. The van der Waals surface area contributed by atoms with Gasteiger partial charge in [0.1, 0.15) is 11.8 Å². The van der Waals surface area contributed by atoms with E-state index in [0.717, 1.165) is 16.7 Å². The van der Waals surface area contributed by atoms with Crippen LogP contribution in [0.15, 0.2) is 72.8 Å². The Bertz CT molecular complexity index is 1150. The number of benzene rings is 3. The fourth-order valence-electron chi connectivity index (χ4n) is 4.12. The lowest BCUT2D eigenvalue weighted by Gasteiger charge is -2.31. The molecule has 0 aliphatic rings. The third-order valence-corrected chi connectivity index (χ3v) is 6.08. The molecule has 0 aliphatic carbocycles. The predicted octanol–water partition coefficient (Wildman–Crippen LogP) is 4.03. The van der Waals surface area contributed by atoms with E-state index >= 15 is 0 Å². The summed E-state index contributed by atoms with van der Waals surface area (Å²) in [6.07, 6.45) is 1.15. The molecule has 0 spiro atoms. The fraction of sp³-hybridized carbons (Fsp3) is 0.310. The van der Waals surface area contributed by atoms with Crippen LogP contribution < -0.4 is 19.5 Å². The van der Waals surface area contributed by atoms with Gasteiger partial charge in [-0.25, -0.2) is 0 Å². The van der Waals surface area contributed by atoms with Gasteiger partial charge in [-0.05, 0) is 47.4 Å². The number of carbonyl (C=O) groups is 2. The zero-order valence-corrected chi connectivity index (χ0v) is 21.3. The van der Waals surface area contributed by atoms with E-state index in [0.29, 0.717) is 30.1 Å². The molecule has 7 nitrogen and oxygen atoms in total. The fourth-order valence-corrected chi connectivity index (χ4v) is 4.12. The van der Waals surface area contributed by atoms with Crippen molar-refractivity contribution in [2.45, 2.75) is 31.8 Å². The van der Waals surface area contributed by atoms with Crippen LogP contribution in [0, 0.1) is 0 Å². The Labute approximate surface area is 213 Å². The molecule has 2 amide bonds. The summed E-state index contributed by atoms with van der Waals surface area (Å²) in [5.74, 6) is 1.63. The maximum atomic E-state index is 13.7. The van der Waals surface area contributed by atoms with E-state index in [-0.39, 0.29) is 24.8 Å². The molecule has 0 saturated heterocycles. The molecule has 0 heterocycles. The van der Waals surface area contributed by atoms with Crippen LogP contribution in [-0.2, 0) is 29.0 Å². The van der Waals surface area contributed by atoms with Gasteiger partial charge < -0.3 is 24.4 Å². The van der Waals surface area contributed by atoms with Crippen LogP contribution in [0.1, 0.15) is 23.1 Å². The first-order chi connectivity index (χ1) is 17.5. The summed E-state index contributed by atoms with van der Waals surface area (Å²) in [6, 6.07) is 22.2. The van der Waals surface area contributed by atoms with Crippen LogP contribution >= 0.6 is 0 Å². The first-order valence-corrected chi connectivity index (χ1v) is 11.9. The zero-order valence-electron chi connectivity index (χ0n) is 21.3. The van der Waals surface area contributed by atoms with Crippen molar-refractivity contribution in [3.8, 4) is 17.2 Å². The van der Waals surface area contributed by atoms with Gasteiger partial charge >= 0.3 is 0 Å². The molecule has 0 fully saturated rings. The van der Waals surface area contributed by atoms with Gasteiger partial charge in [0.05, 0.1) is 21.3 Å². The number of hydrogen-bond acceptors (Lipinski definition) is 5. The minimum absolute atomic E-state index is 0.114. The Balaban J connectivity index is 1.88. The largest absolute Gasteiger partial charge is 0.497 e. The second-order valence-corrected chi connectivity index (χ2v) is 8.38. The van der Waals surface area contributed by atoms with Crippen LogP contribution in [0.4, 0.5) is 0 Å². The van der Waals surface area contributed by atoms with E-state index < -0.39 is 6.04 Å². The first-order valence-electron chi connectivity index (χ1n) is 11.9.